The minimum absolute atomic E-state index is 0.0266. The van der Waals surface area contributed by atoms with E-state index >= 15 is 0 Å². The van der Waals surface area contributed by atoms with Crippen LogP contribution < -0.4 is 0 Å². The molecule has 190 valence electrons. The third-order valence-corrected chi connectivity index (χ3v) is 11.5. The van der Waals surface area contributed by atoms with E-state index in [9.17, 15) is 15.3 Å². The van der Waals surface area contributed by atoms with Crippen LogP contribution >= 0.6 is 0 Å². The predicted molar refractivity (Wildman–Crippen MR) is 135 cm³/mol. The average molecular weight is 479 g/mol. The molecule has 6 rings (SSSR count). The van der Waals surface area contributed by atoms with Crippen molar-refractivity contribution in [2.75, 3.05) is 6.61 Å². The lowest BCUT2D eigenvalue weighted by molar-refractivity contribution is -0.247. The van der Waals surface area contributed by atoms with Gasteiger partial charge in [0.15, 0.2) is 0 Å². The number of fused-ring (bicyclic) bond motifs is 7. The Morgan fingerprint density at radius 1 is 0.914 bits per heavy atom. The van der Waals surface area contributed by atoms with E-state index in [1.807, 2.05) is 18.2 Å². The van der Waals surface area contributed by atoms with Gasteiger partial charge in [0.1, 0.15) is 6.61 Å². The molecular formula is C31H42O4. The summed E-state index contributed by atoms with van der Waals surface area (Å²) in [4.78, 5) is 0. The monoisotopic (exact) mass is 478 g/mol. The van der Waals surface area contributed by atoms with Crippen LogP contribution in [0.4, 0.5) is 0 Å². The summed E-state index contributed by atoms with van der Waals surface area (Å²) in [7, 11) is 0. The Morgan fingerprint density at radius 2 is 1.69 bits per heavy atom. The lowest BCUT2D eigenvalue weighted by Gasteiger charge is -2.65. The van der Waals surface area contributed by atoms with Crippen LogP contribution in [0.15, 0.2) is 30.3 Å². The van der Waals surface area contributed by atoms with Gasteiger partial charge in [-0.1, -0.05) is 56.0 Å². The molecule has 11 atom stereocenters. The van der Waals surface area contributed by atoms with Crippen molar-refractivity contribution in [3.8, 4) is 11.8 Å². The fourth-order valence-electron chi connectivity index (χ4n) is 9.92. The van der Waals surface area contributed by atoms with Crippen molar-refractivity contribution in [1.82, 2.24) is 0 Å². The van der Waals surface area contributed by atoms with Crippen molar-refractivity contribution in [1.29, 1.82) is 0 Å². The Morgan fingerprint density at radius 3 is 2.43 bits per heavy atom. The van der Waals surface area contributed by atoms with E-state index in [4.69, 9.17) is 4.74 Å². The highest BCUT2D eigenvalue weighted by molar-refractivity contribution is 5.25. The predicted octanol–water partition coefficient (Wildman–Crippen LogP) is 4.56. The molecule has 0 heterocycles. The molecule has 0 spiro atoms. The van der Waals surface area contributed by atoms with Crippen molar-refractivity contribution >= 4 is 0 Å². The molecule has 4 heteroatoms. The SMILES string of the molecule is C[C@]12C[C@H](O)[C@H]3[C@@H](CC[C@]4(O)C[C@@H](O)CC[C@]34C)[C@@H]1[C@@H]1CC[C@@H]1[C@H]2C#CCOCc1ccccc1. The number of rotatable bonds is 3. The lowest BCUT2D eigenvalue weighted by atomic mass is 9.42. The summed E-state index contributed by atoms with van der Waals surface area (Å²) in [5.74, 6) is 9.84. The van der Waals surface area contributed by atoms with Crippen LogP contribution in [0.1, 0.15) is 70.8 Å². The van der Waals surface area contributed by atoms with Gasteiger partial charge in [-0.2, -0.15) is 0 Å². The first-order valence-corrected chi connectivity index (χ1v) is 14.0. The third kappa shape index (κ3) is 3.57. The highest BCUT2D eigenvalue weighted by atomic mass is 16.5. The van der Waals surface area contributed by atoms with Gasteiger partial charge in [0, 0.05) is 17.8 Å². The second-order valence-electron chi connectivity index (χ2n) is 13.1. The van der Waals surface area contributed by atoms with E-state index in [0.717, 1.165) is 32.1 Å². The normalized spacial score (nSPS) is 50.0. The van der Waals surface area contributed by atoms with Crippen LogP contribution in [-0.4, -0.2) is 39.7 Å². The Bertz CT molecular complexity index is 998. The van der Waals surface area contributed by atoms with E-state index in [-0.39, 0.29) is 16.7 Å². The number of hydrogen-bond donors (Lipinski definition) is 3. The number of hydrogen-bond acceptors (Lipinski definition) is 4. The van der Waals surface area contributed by atoms with Gasteiger partial charge in [-0.3, -0.25) is 0 Å². The molecule has 5 aliphatic rings. The highest BCUT2D eigenvalue weighted by Gasteiger charge is 2.71. The molecule has 0 saturated heterocycles. The van der Waals surface area contributed by atoms with E-state index < -0.39 is 17.8 Å². The van der Waals surface area contributed by atoms with E-state index in [2.05, 4.69) is 37.8 Å². The van der Waals surface area contributed by atoms with Crippen molar-refractivity contribution in [2.45, 2.75) is 89.6 Å². The second-order valence-corrected chi connectivity index (χ2v) is 13.1. The maximum atomic E-state index is 11.7. The van der Waals surface area contributed by atoms with Gasteiger partial charge in [-0.25, -0.2) is 0 Å². The molecule has 0 aromatic heterocycles. The molecule has 0 amide bonds. The Hall–Kier alpha value is -1.38. The summed E-state index contributed by atoms with van der Waals surface area (Å²) < 4.78 is 5.86. The quantitative estimate of drug-likeness (QED) is 0.440. The van der Waals surface area contributed by atoms with Gasteiger partial charge in [0.2, 0.25) is 0 Å². The van der Waals surface area contributed by atoms with Crippen molar-refractivity contribution in [2.24, 2.45) is 46.3 Å². The minimum atomic E-state index is -0.854. The lowest BCUT2D eigenvalue weighted by Crippen LogP contribution is -2.66. The summed E-state index contributed by atoms with van der Waals surface area (Å²) >= 11 is 0. The number of ether oxygens (including phenoxy) is 1. The topological polar surface area (TPSA) is 69.9 Å². The van der Waals surface area contributed by atoms with Gasteiger partial charge >= 0.3 is 0 Å². The van der Waals surface area contributed by atoms with Gasteiger partial charge in [0.05, 0.1) is 24.4 Å². The molecule has 0 aliphatic heterocycles. The first-order chi connectivity index (χ1) is 16.8. The van der Waals surface area contributed by atoms with Gasteiger partial charge in [0.25, 0.3) is 0 Å². The average Bonchev–Trinajstić information content (AvgIpc) is 2.96. The molecule has 5 fully saturated rings. The molecular weight excluding hydrogens is 436 g/mol. The Kier molecular flexibility index (Phi) is 5.89. The molecule has 3 N–H and O–H groups in total. The first-order valence-electron chi connectivity index (χ1n) is 14.0. The standard InChI is InChI=1S/C31H42O4/c1-29-18-26(33)28-24(13-15-31(34)17-21(32)12-14-30(28,31)2)27(29)23-11-10-22(23)25(29)9-6-16-35-19-20-7-4-3-5-8-20/h3-5,7-8,21-28,32-34H,10-19H2,1-2H3/t21-,22-,23+,24-,25+,26-,27-,28+,29+,30+,31-/m0/s1. The molecule has 1 aromatic rings. The van der Waals surface area contributed by atoms with Crippen LogP contribution in [-0.2, 0) is 11.3 Å². The largest absolute Gasteiger partial charge is 0.393 e. The van der Waals surface area contributed by atoms with E-state index in [0.29, 0.717) is 49.2 Å². The van der Waals surface area contributed by atoms with Crippen molar-refractivity contribution in [3.63, 3.8) is 0 Å². The molecule has 0 radical (unpaired) electrons. The summed E-state index contributed by atoms with van der Waals surface area (Å²) in [5.41, 5.74) is 0.0277. The maximum Gasteiger partial charge on any atom is 0.108 e. The number of aliphatic hydroxyl groups excluding tert-OH is 2. The molecule has 4 nitrogen and oxygen atoms in total. The third-order valence-electron chi connectivity index (χ3n) is 11.5. The smallest absolute Gasteiger partial charge is 0.108 e. The molecule has 5 saturated carbocycles. The van der Waals surface area contributed by atoms with Gasteiger partial charge < -0.3 is 20.1 Å². The van der Waals surface area contributed by atoms with Crippen molar-refractivity contribution < 1.29 is 20.1 Å². The van der Waals surface area contributed by atoms with Gasteiger partial charge in [-0.15, -0.1) is 0 Å². The first kappa shape index (κ1) is 24.0. The van der Waals surface area contributed by atoms with Crippen LogP contribution in [0.25, 0.3) is 0 Å². The molecule has 0 unspecified atom stereocenters. The zero-order valence-electron chi connectivity index (χ0n) is 21.3. The van der Waals surface area contributed by atoms with Gasteiger partial charge in [-0.05, 0) is 85.5 Å². The van der Waals surface area contributed by atoms with Crippen LogP contribution in [0.5, 0.6) is 0 Å². The van der Waals surface area contributed by atoms with Crippen LogP contribution in [0, 0.1) is 58.2 Å². The second kappa shape index (κ2) is 8.59. The van der Waals surface area contributed by atoms with Crippen LogP contribution in [0.3, 0.4) is 0 Å². The number of benzene rings is 1. The zero-order chi connectivity index (χ0) is 24.4. The highest BCUT2D eigenvalue weighted by Crippen LogP contribution is 2.73. The molecule has 5 aliphatic carbocycles. The molecule has 1 aromatic carbocycles. The summed E-state index contributed by atoms with van der Waals surface area (Å²) in [6, 6.07) is 10.2. The maximum absolute atomic E-state index is 11.7. The number of aliphatic hydroxyl groups is 3. The Labute approximate surface area is 210 Å². The Balaban J connectivity index is 1.22. The van der Waals surface area contributed by atoms with Crippen molar-refractivity contribution in [3.05, 3.63) is 35.9 Å². The fraction of sp³-hybridized carbons (Fsp3) is 0.742. The fourth-order valence-corrected chi connectivity index (χ4v) is 9.92. The van der Waals surface area contributed by atoms with E-state index in [1.54, 1.807) is 0 Å². The minimum Gasteiger partial charge on any atom is -0.393 e. The summed E-state index contributed by atoms with van der Waals surface area (Å²) in [6.45, 7) is 5.67. The zero-order valence-corrected chi connectivity index (χ0v) is 21.3. The summed E-state index contributed by atoms with van der Waals surface area (Å²) in [6.07, 6.45) is 6.21. The summed E-state index contributed by atoms with van der Waals surface area (Å²) in [5, 5.41) is 33.7. The molecule has 0 bridgehead atoms. The molecule has 35 heavy (non-hydrogen) atoms. The van der Waals surface area contributed by atoms with E-state index in [1.165, 1.54) is 18.4 Å². The van der Waals surface area contributed by atoms with Crippen LogP contribution in [0.2, 0.25) is 0 Å².